The van der Waals surface area contributed by atoms with Gasteiger partial charge < -0.3 is 25.4 Å². The number of rotatable bonds is 1. The summed E-state index contributed by atoms with van der Waals surface area (Å²) in [6.45, 7) is 0.602. The van der Waals surface area contributed by atoms with E-state index in [0.717, 1.165) is 0 Å². The smallest absolute Gasteiger partial charge is 0.113 e. The maximum Gasteiger partial charge on any atom is 0.113 e. The third kappa shape index (κ3) is 1.94. The van der Waals surface area contributed by atoms with E-state index in [4.69, 9.17) is 4.74 Å². The number of ether oxygens (including phenoxy) is 1. The van der Waals surface area contributed by atoms with Crippen molar-refractivity contribution in [1.29, 1.82) is 0 Å². The average Bonchev–Trinajstić information content (AvgIpc) is 2.14. The van der Waals surface area contributed by atoms with Gasteiger partial charge in [0, 0.05) is 20.2 Å². The van der Waals surface area contributed by atoms with E-state index in [-0.39, 0.29) is 6.54 Å². The van der Waals surface area contributed by atoms with E-state index >= 15 is 0 Å². The van der Waals surface area contributed by atoms with Crippen molar-refractivity contribution in [3.63, 3.8) is 0 Å². The van der Waals surface area contributed by atoms with Gasteiger partial charge in [-0.3, -0.25) is 0 Å². The van der Waals surface area contributed by atoms with E-state index < -0.39 is 24.4 Å². The third-order valence-electron chi connectivity index (χ3n) is 2.09. The fourth-order valence-electron chi connectivity index (χ4n) is 1.36. The Balaban J connectivity index is 2.63. The zero-order chi connectivity index (χ0) is 9.14. The van der Waals surface area contributed by atoms with Crippen molar-refractivity contribution in [2.75, 3.05) is 20.2 Å². The molecule has 0 aromatic rings. The van der Waals surface area contributed by atoms with Gasteiger partial charge in [-0.15, -0.1) is 0 Å². The number of nitrogens with one attached hydrogen (secondary N) is 1. The molecular weight excluding hydrogens is 162 g/mol. The van der Waals surface area contributed by atoms with E-state index in [1.807, 2.05) is 0 Å². The zero-order valence-electron chi connectivity index (χ0n) is 6.97. The molecule has 0 aromatic heterocycles. The van der Waals surface area contributed by atoms with Crippen LogP contribution in [0, 0.1) is 0 Å². The molecule has 1 saturated heterocycles. The van der Waals surface area contributed by atoms with Gasteiger partial charge in [0.25, 0.3) is 0 Å². The van der Waals surface area contributed by atoms with Crippen molar-refractivity contribution in [1.82, 2.24) is 5.32 Å². The minimum Gasteiger partial charge on any atom is -0.389 e. The molecule has 1 aliphatic heterocycles. The molecule has 0 saturated carbocycles. The molecule has 4 atom stereocenters. The Bertz CT molecular complexity index is 143. The normalized spacial score (nSPS) is 44.0. The van der Waals surface area contributed by atoms with Crippen LogP contribution in [0.4, 0.5) is 0 Å². The van der Waals surface area contributed by atoms with Crippen LogP contribution in [0.15, 0.2) is 0 Å². The third-order valence-corrected chi connectivity index (χ3v) is 2.09. The van der Waals surface area contributed by atoms with Gasteiger partial charge in [-0.1, -0.05) is 0 Å². The second kappa shape index (κ2) is 4.15. The van der Waals surface area contributed by atoms with Crippen LogP contribution in [-0.4, -0.2) is 59.9 Å². The summed E-state index contributed by atoms with van der Waals surface area (Å²) in [5, 5.41) is 30.9. The van der Waals surface area contributed by atoms with Crippen LogP contribution in [0.5, 0.6) is 0 Å². The molecule has 0 spiro atoms. The van der Waals surface area contributed by atoms with Gasteiger partial charge in [-0.25, -0.2) is 0 Å². The van der Waals surface area contributed by atoms with Crippen molar-refractivity contribution >= 4 is 0 Å². The largest absolute Gasteiger partial charge is 0.389 e. The molecule has 72 valence electrons. The second-order valence-electron chi connectivity index (χ2n) is 2.98. The van der Waals surface area contributed by atoms with Crippen molar-refractivity contribution < 1.29 is 20.1 Å². The van der Waals surface area contributed by atoms with E-state index in [2.05, 4.69) is 5.32 Å². The Morgan fingerprint density at radius 3 is 2.33 bits per heavy atom. The first-order valence-corrected chi connectivity index (χ1v) is 3.94. The van der Waals surface area contributed by atoms with Crippen LogP contribution >= 0.6 is 0 Å². The number of β-amino-alcohol motifs (C(OH)–C–C–N with tert-alkyl or cyclic N) is 2. The maximum atomic E-state index is 9.41. The SMILES string of the molecule is COC1C(O)CNC[C@@H](O)[C@H]1O. The Morgan fingerprint density at radius 2 is 1.75 bits per heavy atom. The van der Waals surface area contributed by atoms with E-state index in [1.165, 1.54) is 7.11 Å². The van der Waals surface area contributed by atoms with Gasteiger partial charge >= 0.3 is 0 Å². The molecule has 0 aromatic carbocycles. The topological polar surface area (TPSA) is 82.0 Å². The van der Waals surface area contributed by atoms with Crippen LogP contribution in [0.1, 0.15) is 0 Å². The van der Waals surface area contributed by atoms with E-state index in [1.54, 1.807) is 0 Å². The van der Waals surface area contributed by atoms with Crippen LogP contribution in [0.25, 0.3) is 0 Å². The van der Waals surface area contributed by atoms with Gasteiger partial charge in [0.15, 0.2) is 0 Å². The summed E-state index contributed by atoms with van der Waals surface area (Å²) < 4.78 is 4.87. The summed E-state index contributed by atoms with van der Waals surface area (Å²) >= 11 is 0. The number of aliphatic hydroxyl groups is 3. The lowest BCUT2D eigenvalue weighted by atomic mass is 10.1. The summed E-state index contributed by atoms with van der Waals surface area (Å²) in [4.78, 5) is 0. The summed E-state index contributed by atoms with van der Waals surface area (Å²) in [7, 11) is 1.40. The molecule has 5 heteroatoms. The van der Waals surface area contributed by atoms with Crippen LogP contribution < -0.4 is 5.32 Å². The zero-order valence-corrected chi connectivity index (χ0v) is 6.97. The summed E-state index contributed by atoms with van der Waals surface area (Å²) in [6, 6.07) is 0. The second-order valence-corrected chi connectivity index (χ2v) is 2.98. The minimum absolute atomic E-state index is 0.276. The van der Waals surface area contributed by atoms with Gasteiger partial charge in [0.2, 0.25) is 0 Å². The van der Waals surface area contributed by atoms with Gasteiger partial charge in [0.05, 0.1) is 12.2 Å². The predicted molar refractivity (Wildman–Crippen MR) is 41.7 cm³/mol. The van der Waals surface area contributed by atoms with Gasteiger partial charge in [0.1, 0.15) is 12.2 Å². The summed E-state index contributed by atoms with van der Waals surface area (Å²) in [5.41, 5.74) is 0. The molecule has 0 radical (unpaired) electrons. The number of aliphatic hydroxyl groups excluding tert-OH is 3. The monoisotopic (exact) mass is 177 g/mol. The molecule has 1 rings (SSSR count). The molecular formula is C7H15NO4. The average molecular weight is 177 g/mol. The first-order valence-electron chi connectivity index (χ1n) is 3.94. The molecule has 4 N–H and O–H groups in total. The Labute approximate surface area is 71.0 Å². The van der Waals surface area contributed by atoms with Crippen molar-refractivity contribution in [2.24, 2.45) is 0 Å². The van der Waals surface area contributed by atoms with Crippen molar-refractivity contribution in [3.8, 4) is 0 Å². The van der Waals surface area contributed by atoms with Gasteiger partial charge in [-0.05, 0) is 0 Å². The van der Waals surface area contributed by atoms with Crippen molar-refractivity contribution in [2.45, 2.75) is 24.4 Å². The lowest BCUT2D eigenvalue weighted by Crippen LogP contribution is -2.45. The predicted octanol–water partition coefficient (Wildman–Crippen LogP) is -2.31. The molecule has 0 bridgehead atoms. The van der Waals surface area contributed by atoms with Gasteiger partial charge in [-0.2, -0.15) is 0 Å². The summed E-state index contributed by atoms with van der Waals surface area (Å²) in [6.07, 6.45) is -3.40. The van der Waals surface area contributed by atoms with Crippen LogP contribution in [0.3, 0.4) is 0 Å². The molecule has 0 aliphatic carbocycles. The van der Waals surface area contributed by atoms with Crippen LogP contribution in [0.2, 0.25) is 0 Å². The molecule has 0 amide bonds. The highest BCUT2D eigenvalue weighted by molar-refractivity contribution is 4.87. The Morgan fingerprint density at radius 1 is 1.17 bits per heavy atom. The maximum absolute atomic E-state index is 9.41. The minimum atomic E-state index is -1.03. The van der Waals surface area contributed by atoms with E-state index in [9.17, 15) is 15.3 Å². The first-order chi connectivity index (χ1) is 5.66. The fourth-order valence-corrected chi connectivity index (χ4v) is 1.36. The highest BCUT2D eigenvalue weighted by Crippen LogP contribution is 2.10. The number of hydrogen-bond donors (Lipinski definition) is 4. The molecule has 5 nitrogen and oxygen atoms in total. The lowest BCUT2D eigenvalue weighted by molar-refractivity contribution is -0.107. The molecule has 1 aliphatic rings. The highest BCUT2D eigenvalue weighted by Gasteiger charge is 2.34. The molecule has 1 fully saturated rings. The first kappa shape index (κ1) is 9.88. The van der Waals surface area contributed by atoms with Crippen LogP contribution in [-0.2, 0) is 4.74 Å². The molecule has 1 heterocycles. The Hall–Kier alpha value is -0.200. The highest BCUT2D eigenvalue weighted by atomic mass is 16.5. The molecule has 12 heavy (non-hydrogen) atoms. The van der Waals surface area contributed by atoms with E-state index in [0.29, 0.717) is 6.54 Å². The summed E-state index contributed by atoms with van der Waals surface area (Å²) in [5.74, 6) is 0. The Kier molecular flexibility index (Phi) is 3.42. The standard InChI is InChI=1S/C7H15NO4/c1-12-7-5(10)3-8-2-4(9)6(7)11/h4-11H,2-3H2,1H3/t4-,5?,6-,7?/m1/s1. The number of hydrogen-bond acceptors (Lipinski definition) is 5. The lowest BCUT2D eigenvalue weighted by Gasteiger charge is -2.24. The number of methoxy groups -OCH3 is 1. The molecule has 2 unspecified atom stereocenters. The van der Waals surface area contributed by atoms with Crippen molar-refractivity contribution in [3.05, 3.63) is 0 Å². The fraction of sp³-hybridized carbons (Fsp3) is 1.00. The quantitative estimate of drug-likeness (QED) is 0.362.